The van der Waals surface area contributed by atoms with E-state index >= 15 is 0 Å². The Kier molecular flexibility index (Phi) is 3.77. The minimum absolute atomic E-state index is 0.193. The van der Waals surface area contributed by atoms with E-state index in [0.29, 0.717) is 0 Å². The zero-order chi connectivity index (χ0) is 11.4. The zero-order valence-electron chi connectivity index (χ0n) is 9.65. The first-order chi connectivity index (χ1) is 7.81. The quantitative estimate of drug-likeness (QED) is 0.591. The minimum Gasteiger partial charge on any atom is -0.378 e. The molecule has 1 aromatic carbocycles. The van der Waals surface area contributed by atoms with Gasteiger partial charge in [-0.3, -0.25) is 11.3 Å². The van der Waals surface area contributed by atoms with Gasteiger partial charge in [-0.25, -0.2) is 0 Å². The van der Waals surface area contributed by atoms with Gasteiger partial charge in [0.25, 0.3) is 0 Å². The summed E-state index contributed by atoms with van der Waals surface area (Å²) in [6.07, 6.45) is 0. The first kappa shape index (κ1) is 11.4. The maximum absolute atomic E-state index is 5.41. The summed E-state index contributed by atoms with van der Waals surface area (Å²) in [4.78, 5) is 2.34. The number of hydrogen-bond donors (Lipinski definition) is 2. The molecule has 1 atom stereocenters. The third-order valence-corrected chi connectivity index (χ3v) is 3.02. The van der Waals surface area contributed by atoms with Gasteiger partial charge in [0.1, 0.15) is 0 Å². The lowest BCUT2D eigenvalue weighted by Crippen LogP contribution is -2.36. The fourth-order valence-corrected chi connectivity index (χ4v) is 1.89. The summed E-state index contributed by atoms with van der Waals surface area (Å²) in [6.45, 7) is 5.64. The number of nitrogens with zero attached hydrogens (tertiary/aromatic N) is 1. The second kappa shape index (κ2) is 5.30. The van der Waals surface area contributed by atoms with Crippen molar-refractivity contribution < 1.29 is 4.74 Å². The zero-order valence-corrected chi connectivity index (χ0v) is 9.65. The van der Waals surface area contributed by atoms with Crippen LogP contribution in [0.5, 0.6) is 0 Å². The number of morpholine rings is 1. The number of hydrazine groups is 1. The van der Waals surface area contributed by atoms with Gasteiger partial charge in [0, 0.05) is 24.8 Å². The molecule has 0 amide bonds. The highest BCUT2D eigenvalue weighted by Gasteiger charge is 2.11. The maximum Gasteiger partial charge on any atom is 0.0642 e. The number of hydrogen-bond acceptors (Lipinski definition) is 4. The molecule has 4 nitrogen and oxygen atoms in total. The van der Waals surface area contributed by atoms with Gasteiger partial charge in [0.2, 0.25) is 0 Å². The van der Waals surface area contributed by atoms with Gasteiger partial charge >= 0.3 is 0 Å². The molecule has 0 bridgehead atoms. The number of nitrogens with one attached hydrogen (secondary N) is 1. The molecule has 0 spiro atoms. The SMILES string of the molecule is C[C@H](NN)c1ccc(N2CCOCC2)cc1. The first-order valence-electron chi connectivity index (χ1n) is 5.70. The third kappa shape index (κ3) is 2.52. The molecule has 0 unspecified atom stereocenters. The molecule has 1 saturated heterocycles. The summed E-state index contributed by atoms with van der Waals surface area (Å²) in [7, 11) is 0. The van der Waals surface area contributed by atoms with Crippen LogP contribution in [0.2, 0.25) is 0 Å². The fourth-order valence-electron chi connectivity index (χ4n) is 1.89. The van der Waals surface area contributed by atoms with Crippen molar-refractivity contribution in [2.45, 2.75) is 13.0 Å². The highest BCUT2D eigenvalue weighted by molar-refractivity contribution is 5.48. The van der Waals surface area contributed by atoms with E-state index in [0.717, 1.165) is 26.3 Å². The molecule has 16 heavy (non-hydrogen) atoms. The van der Waals surface area contributed by atoms with Crippen molar-refractivity contribution in [3.63, 3.8) is 0 Å². The summed E-state index contributed by atoms with van der Waals surface area (Å²) < 4.78 is 5.33. The summed E-state index contributed by atoms with van der Waals surface area (Å²) in [5.41, 5.74) is 5.21. The van der Waals surface area contributed by atoms with Crippen LogP contribution in [-0.4, -0.2) is 26.3 Å². The van der Waals surface area contributed by atoms with E-state index in [1.165, 1.54) is 11.3 Å². The van der Waals surface area contributed by atoms with E-state index in [1.807, 2.05) is 6.92 Å². The lowest BCUT2D eigenvalue weighted by atomic mass is 10.1. The second-order valence-electron chi connectivity index (χ2n) is 4.08. The van der Waals surface area contributed by atoms with Crippen LogP contribution >= 0.6 is 0 Å². The highest BCUT2D eigenvalue weighted by Crippen LogP contribution is 2.19. The van der Waals surface area contributed by atoms with Crippen molar-refractivity contribution in [1.82, 2.24) is 5.43 Å². The molecule has 3 N–H and O–H groups in total. The van der Waals surface area contributed by atoms with Crippen molar-refractivity contribution >= 4 is 5.69 Å². The third-order valence-electron chi connectivity index (χ3n) is 3.02. The van der Waals surface area contributed by atoms with Crippen LogP contribution in [0, 0.1) is 0 Å². The van der Waals surface area contributed by atoms with Crippen molar-refractivity contribution in [3.8, 4) is 0 Å². The minimum atomic E-state index is 0.193. The first-order valence-corrected chi connectivity index (χ1v) is 5.70. The van der Waals surface area contributed by atoms with E-state index in [2.05, 4.69) is 34.6 Å². The molecule has 1 heterocycles. The van der Waals surface area contributed by atoms with Gasteiger partial charge in [-0.15, -0.1) is 0 Å². The Morgan fingerprint density at radius 3 is 2.44 bits per heavy atom. The lowest BCUT2D eigenvalue weighted by molar-refractivity contribution is 0.122. The number of nitrogens with two attached hydrogens (primary N) is 1. The van der Waals surface area contributed by atoms with Crippen LogP contribution in [0.25, 0.3) is 0 Å². The van der Waals surface area contributed by atoms with Gasteiger partial charge < -0.3 is 9.64 Å². The maximum atomic E-state index is 5.41. The number of benzene rings is 1. The lowest BCUT2D eigenvalue weighted by Gasteiger charge is -2.29. The van der Waals surface area contributed by atoms with E-state index in [4.69, 9.17) is 10.6 Å². The van der Waals surface area contributed by atoms with E-state index in [1.54, 1.807) is 0 Å². The topological polar surface area (TPSA) is 50.5 Å². The molecule has 0 radical (unpaired) electrons. The fraction of sp³-hybridized carbons (Fsp3) is 0.500. The standard InChI is InChI=1S/C12H19N3O/c1-10(14-13)11-2-4-12(5-3-11)15-6-8-16-9-7-15/h2-5,10,14H,6-9,13H2,1H3/t10-/m0/s1. The molecule has 88 valence electrons. The normalized spacial score (nSPS) is 18.5. The Hall–Kier alpha value is -1.10. The average molecular weight is 221 g/mol. The Bertz CT molecular complexity index is 320. The van der Waals surface area contributed by atoms with Crippen molar-refractivity contribution in [2.75, 3.05) is 31.2 Å². The molecular formula is C12H19N3O. The molecule has 4 heteroatoms. The average Bonchev–Trinajstić information content (AvgIpc) is 2.39. The molecule has 0 aromatic heterocycles. The smallest absolute Gasteiger partial charge is 0.0642 e. The van der Waals surface area contributed by atoms with Crippen molar-refractivity contribution in [1.29, 1.82) is 0 Å². The molecule has 2 rings (SSSR count). The van der Waals surface area contributed by atoms with Gasteiger partial charge in [-0.05, 0) is 24.6 Å². The summed E-state index contributed by atoms with van der Waals surface area (Å²) in [6, 6.07) is 8.73. The van der Waals surface area contributed by atoms with Gasteiger partial charge in [-0.1, -0.05) is 12.1 Å². The van der Waals surface area contributed by atoms with Gasteiger partial charge in [0.05, 0.1) is 13.2 Å². The largest absolute Gasteiger partial charge is 0.378 e. The highest BCUT2D eigenvalue weighted by atomic mass is 16.5. The van der Waals surface area contributed by atoms with Crippen molar-refractivity contribution in [3.05, 3.63) is 29.8 Å². The van der Waals surface area contributed by atoms with E-state index < -0.39 is 0 Å². The molecule has 1 aliphatic rings. The Morgan fingerprint density at radius 1 is 1.25 bits per heavy atom. The van der Waals surface area contributed by atoms with Crippen LogP contribution in [0.3, 0.4) is 0 Å². The van der Waals surface area contributed by atoms with Gasteiger partial charge in [0.15, 0.2) is 0 Å². The second-order valence-corrected chi connectivity index (χ2v) is 4.08. The monoisotopic (exact) mass is 221 g/mol. The molecule has 0 saturated carbocycles. The number of rotatable bonds is 3. The van der Waals surface area contributed by atoms with Crippen LogP contribution in [-0.2, 0) is 4.74 Å². The Labute approximate surface area is 96.3 Å². The molecule has 1 aromatic rings. The van der Waals surface area contributed by atoms with Crippen molar-refractivity contribution in [2.24, 2.45) is 5.84 Å². The number of ether oxygens (including phenoxy) is 1. The van der Waals surface area contributed by atoms with Crippen LogP contribution < -0.4 is 16.2 Å². The molecular weight excluding hydrogens is 202 g/mol. The van der Waals surface area contributed by atoms with Gasteiger partial charge in [-0.2, -0.15) is 0 Å². The van der Waals surface area contributed by atoms with Crippen LogP contribution in [0.4, 0.5) is 5.69 Å². The van der Waals surface area contributed by atoms with E-state index in [9.17, 15) is 0 Å². The van der Waals surface area contributed by atoms with Crippen LogP contribution in [0.1, 0.15) is 18.5 Å². The molecule has 0 aliphatic carbocycles. The summed E-state index contributed by atoms with van der Waals surface area (Å²) in [5, 5.41) is 0. The Balaban J connectivity index is 2.06. The molecule has 1 fully saturated rings. The number of anilines is 1. The summed E-state index contributed by atoms with van der Waals surface area (Å²) >= 11 is 0. The summed E-state index contributed by atoms with van der Waals surface area (Å²) in [5.74, 6) is 5.41. The van der Waals surface area contributed by atoms with E-state index in [-0.39, 0.29) is 6.04 Å². The Morgan fingerprint density at radius 2 is 1.88 bits per heavy atom. The van der Waals surface area contributed by atoms with Crippen LogP contribution in [0.15, 0.2) is 24.3 Å². The molecule has 1 aliphatic heterocycles. The predicted molar refractivity (Wildman–Crippen MR) is 65.2 cm³/mol. The predicted octanol–water partition coefficient (Wildman–Crippen LogP) is 1.05.